The largest absolute Gasteiger partial charge is 0.495 e. The van der Waals surface area contributed by atoms with Crippen LogP contribution in [0.15, 0.2) is 41.3 Å². The molecule has 0 spiro atoms. The van der Waals surface area contributed by atoms with Crippen LogP contribution in [0.3, 0.4) is 0 Å². The van der Waals surface area contributed by atoms with E-state index in [9.17, 15) is 13.2 Å². The number of carbonyl (C=O) groups excluding carboxylic acids is 1. The lowest BCUT2D eigenvalue weighted by Gasteiger charge is -2.17. The summed E-state index contributed by atoms with van der Waals surface area (Å²) in [7, 11) is -2.37. The standard InChI is InChI=1S/C23H30N2O4S/c1-4-16-9-8-10-17(5-2)22(16)24-23(26)18-13-14-20(29-3)21(15-18)30(27,28)25-19-11-6-7-12-19/h8-10,13-15,19,25H,4-7,11-12H2,1-3H3,(H,24,26). The van der Waals surface area contributed by atoms with Gasteiger partial charge in [-0.05, 0) is 55.0 Å². The summed E-state index contributed by atoms with van der Waals surface area (Å²) in [5, 5.41) is 2.99. The van der Waals surface area contributed by atoms with E-state index >= 15 is 0 Å². The van der Waals surface area contributed by atoms with E-state index in [2.05, 4.69) is 10.0 Å². The molecule has 1 aliphatic carbocycles. The van der Waals surface area contributed by atoms with Crippen LogP contribution in [0.25, 0.3) is 0 Å². The molecule has 3 rings (SSSR count). The molecule has 0 aromatic heterocycles. The SMILES string of the molecule is CCc1cccc(CC)c1NC(=O)c1ccc(OC)c(S(=O)(=O)NC2CCCC2)c1. The molecule has 2 aromatic carbocycles. The molecule has 0 atom stereocenters. The van der Waals surface area contributed by atoms with Gasteiger partial charge in [-0.25, -0.2) is 13.1 Å². The van der Waals surface area contributed by atoms with Crippen LogP contribution < -0.4 is 14.8 Å². The van der Waals surface area contributed by atoms with Gasteiger partial charge in [0.2, 0.25) is 10.0 Å². The van der Waals surface area contributed by atoms with E-state index in [1.165, 1.54) is 19.2 Å². The topological polar surface area (TPSA) is 84.5 Å². The molecule has 1 saturated carbocycles. The molecule has 0 saturated heterocycles. The fourth-order valence-electron chi connectivity index (χ4n) is 3.94. The van der Waals surface area contributed by atoms with Gasteiger partial charge in [-0.1, -0.05) is 44.9 Å². The van der Waals surface area contributed by atoms with Crippen molar-refractivity contribution in [3.8, 4) is 5.75 Å². The Morgan fingerprint density at radius 3 is 2.27 bits per heavy atom. The number of hydrogen-bond acceptors (Lipinski definition) is 4. The number of carbonyl (C=O) groups is 1. The summed E-state index contributed by atoms with van der Waals surface area (Å²) in [6, 6.07) is 10.4. The highest BCUT2D eigenvalue weighted by Gasteiger charge is 2.27. The Kier molecular flexibility index (Phi) is 7.15. The maximum absolute atomic E-state index is 13.0. The smallest absolute Gasteiger partial charge is 0.255 e. The van der Waals surface area contributed by atoms with E-state index in [0.717, 1.165) is 55.3 Å². The number of benzene rings is 2. The summed E-state index contributed by atoms with van der Waals surface area (Å²) in [4.78, 5) is 13.0. The van der Waals surface area contributed by atoms with Crippen molar-refractivity contribution in [1.82, 2.24) is 4.72 Å². The third-order valence-corrected chi connectivity index (χ3v) is 7.17. The van der Waals surface area contributed by atoms with E-state index in [1.54, 1.807) is 6.07 Å². The highest BCUT2D eigenvalue weighted by Crippen LogP contribution is 2.28. The monoisotopic (exact) mass is 430 g/mol. The van der Waals surface area contributed by atoms with Gasteiger partial charge in [0.15, 0.2) is 0 Å². The molecule has 162 valence electrons. The second kappa shape index (κ2) is 9.62. The lowest BCUT2D eigenvalue weighted by Crippen LogP contribution is -2.33. The zero-order chi connectivity index (χ0) is 21.7. The van der Waals surface area contributed by atoms with Gasteiger partial charge in [0.05, 0.1) is 7.11 Å². The molecule has 30 heavy (non-hydrogen) atoms. The molecule has 6 nitrogen and oxygen atoms in total. The molecule has 0 bridgehead atoms. The minimum Gasteiger partial charge on any atom is -0.495 e. The van der Waals surface area contributed by atoms with Crippen LogP contribution in [-0.4, -0.2) is 27.5 Å². The minimum absolute atomic E-state index is 0.0101. The number of para-hydroxylation sites is 1. The maximum Gasteiger partial charge on any atom is 0.255 e. The molecule has 0 radical (unpaired) electrons. The molecule has 0 aliphatic heterocycles. The lowest BCUT2D eigenvalue weighted by molar-refractivity contribution is 0.102. The Morgan fingerprint density at radius 1 is 1.07 bits per heavy atom. The lowest BCUT2D eigenvalue weighted by atomic mass is 10.0. The average Bonchev–Trinajstić information content (AvgIpc) is 3.25. The van der Waals surface area contributed by atoms with Gasteiger partial charge in [0, 0.05) is 17.3 Å². The first-order chi connectivity index (χ1) is 14.4. The van der Waals surface area contributed by atoms with Crippen molar-refractivity contribution < 1.29 is 17.9 Å². The highest BCUT2D eigenvalue weighted by molar-refractivity contribution is 7.89. The van der Waals surface area contributed by atoms with Crippen LogP contribution in [0.4, 0.5) is 5.69 Å². The Balaban J connectivity index is 1.92. The number of ether oxygens (including phenoxy) is 1. The van der Waals surface area contributed by atoms with Crippen molar-refractivity contribution >= 4 is 21.6 Å². The van der Waals surface area contributed by atoms with Crippen LogP contribution in [-0.2, 0) is 22.9 Å². The first kappa shape index (κ1) is 22.3. The summed E-state index contributed by atoms with van der Waals surface area (Å²) in [6.07, 6.45) is 5.27. The number of aryl methyl sites for hydroxylation is 2. The van der Waals surface area contributed by atoms with Crippen molar-refractivity contribution in [3.63, 3.8) is 0 Å². The van der Waals surface area contributed by atoms with Crippen LogP contribution in [0.5, 0.6) is 5.75 Å². The highest BCUT2D eigenvalue weighted by atomic mass is 32.2. The van der Waals surface area contributed by atoms with E-state index < -0.39 is 10.0 Å². The van der Waals surface area contributed by atoms with Crippen molar-refractivity contribution in [2.24, 2.45) is 0 Å². The number of sulfonamides is 1. The number of amides is 1. The van der Waals surface area contributed by atoms with Crippen molar-refractivity contribution in [1.29, 1.82) is 0 Å². The van der Waals surface area contributed by atoms with Gasteiger partial charge in [0.1, 0.15) is 10.6 Å². The molecule has 1 aliphatic rings. The van der Waals surface area contributed by atoms with Gasteiger partial charge >= 0.3 is 0 Å². The molecule has 1 amide bonds. The molecule has 2 aromatic rings. The second-order valence-electron chi connectivity index (χ2n) is 7.58. The van der Waals surface area contributed by atoms with Gasteiger partial charge in [-0.2, -0.15) is 0 Å². The van der Waals surface area contributed by atoms with Crippen molar-refractivity contribution in [3.05, 3.63) is 53.1 Å². The van der Waals surface area contributed by atoms with Crippen LogP contribution >= 0.6 is 0 Å². The predicted octanol–water partition coefficient (Wildman–Crippen LogP) is 4.29. The number of nitrogens with one attached hydrogen (secondary N) is 2. The molecule has 0 heterocycles. The number of rotatable bonds is 8. The normalized spacial score (nSPS) is 14.6. The Morgan fingerprint density at radius 2 is 1.70 bits per heavy atom. The minimum atomic E-state index is -3.80. The quantitative estimate of drug-likeness (QED) is 0.654. The molecular formula is C23H30N2O4S. The van der Waals surface area contributed by atoms with E-state index in [-0.39, 0.29) is 28.2 Å². The van der Waals surface area contributed by atoms with Crippen molar-refractivity contribution in [2.45, 2.75) is 63.3 Å². The second-order valence-corrected chi connectivity index (χ2v) is 9.26. The Labute approximate surface area is 179 Å². The third-order valence-electron chi connectivity index (χ3n) is 5.63. The summed E-state index contributed by atoms with van der Waals surface area (Å²) >= 11 is 0. The fourth-order valence-corrected chi connectivity index (χ4v) is 5.44. The summed E-state index contributed by atoms with van der Waals surface area (Å²) < 4.78 is 34.0. The van der Waals surface area contributed by atoms with Gasteiger partial charge in [-0.15, -0.1) is 0 Å². The van der Waals surface area contributed by atoms with Crippen LogP contribution in [0, 0.1) is 0 Å². The third kappa shape index (κ3) is 4.84. The summed E-state index contributed by atoms with van der Waals surface area (Å²) in [5.41, 5.74) is 3.17. The first-order valence-electron chi connectivity index (χ1n) is 10.5. The van der Waals surface area contributed by atoms with Gasteiger partial charge in [-0.3, -0.25) is 4.79 Å². The zero-order valence-electron chi connectivity index (χ0n) is 17.8. The number of hydrogen-bond donors (Lipinski definition) is 2. The van der Waals surface area contributed by atoms with Crippen LogP contribution in [0.2, 0.25) is 0 Å². The number of methoxy groups -OCH3 is 1. The van der Waals surface area contributed by atoms with Crippen molar-refractivity contribution in [2.75, 3.05) is 12.4 Å². The fraction of sp³-hybridized carbons (Fsp3) is 0.435. The van der Waals surface area contributed by atoms with E-state index in [0.29, 0.717) is 0 Å². The number of anilines is 1. The molecule has 1 fully saturated rings. The molecule has 0 unspecified atom stereocenters. The van der Waals surface area contributed by atoms with E-state index in [1.807, 2.05) is 32.0 Å². The Hall–Kier alpha value is -2.38. The summed E-state index contributed by atoms with van der Waals surface area (Å²) in [5.74, 6) is -0.120. The molecular weight excluding hydrogens is 400 g/mol. The zero-order valence-corrected chi connectivity index (χ0v) is 18.6. The molecule has 7 heteroatoms. The van der Waals surface area contributed by atoms with Gasteiger partial charge in [0.25, 0.3) is 5.91 Å². The molecule has 2 N–H and O–H groups in total. The van der Waals surface area contributed by atoms with Crippen LogP contribution in [0.1, 0.15) is 61.0 Å². The predicted molar refractivity (Wildman–Crippen MR) is 119 cm³/mol. The maximum atomic E-state index is 13.0. The average molecular weight is 431 g/mol. The van der Waals surface area contributed by atoms with Gasteiger partial charge < -0.3 is 10.1 Å². The first-order valence-corrected chi connectivity index (χ1v) is 12.0. The Bertz CT molecular complexity index is 990. The van der Waals surface area contributed by atoms with E-state index in [4.69, 9.17) is 4.74 Å². The summed E-state index contributed by atoms with van der Waals surface area (Å²) in [6.45, 7) is 4.08.